The van der Waals surface area contributed by atoms with Crippen LogP contribution in [-0.2, 0) is 14.8 Å². The number of nitrogens with one attached hydrogen (secondary N) is 1. The Hall–Kier alpha value is -1.03. The second-order valence-electron chi connectivity index (χ2n) is 5.08. The third-order valence-corrected chi connectivity index (χ3v) is 6.57. The Morgan fingerprint density at radius 1 is 1.48 bits per heavy atom. The van der Waals surface area contributed by atoms with Crippen molar-refractivity contribution < 1.29 is 23.1 Å². The Morgan fingerprint density at radius 3 is 2.71 bits per heavy atom. The third-order valence-electron chi connectivity index (χ3n) is 3.62. The van der Waals surface area contributed by atoms with Crippen molar-refractivity contribution in [2.45, 2.75) is 41.9 Å². The molecule has 1 aromatic heterocycles. The zero-order valence-corrected chi connectivity index (χ0v) is 13.3. The minimum atomic E-state index is -3.93. The first-order valence-corrected chi connectivity index (χ1v) is 8.97. The van der Waals surface area contributed by atoms with Gasteiger partial charge in [-0.25, -0.2) is 22.9 Å². The van der Waals surface area contributed by atoms with E-state index in [-0.39, 0.29) is 16.5 Å². The summed E-state index contributed by atoms with van der Waals surface area (Å²) in [4.78, 5) is 15.3. The number of aromatic nitrogens is 1. The highest BCUT2D eigenvalue weighted by Crippen LogP contribution is 2.31. The first-order valence-electron chi connectivity index (χ1n) is 6.61. The molecule has 1 aromatic rings. The number of esters is 1. The Bertz CT molecular complexity index is 605. The molecule has 1 fully saturated rings. The van der Waals surface area contributed by atoms with Gasteiger partial charge in [0, 0.05) is 0 Å². The van der Waals surface area contributed by atoms with E-state index in [4.69, 9.17) is 0 Å². The van der Waals surface area contributed by atoms with E-state index in [1.54, 1.807) is 0 Å². The van der Waals surface area contributed by atoms with Crippen molar-refractivity contribution in [3.05, 3.63) is 11.2 Å². The summed E-state index contributed by atoms with van der Waals surface area (Å²) in [5, 5.41) is 9.60. The second kappa shape index (κ2) is 6.39. The van der Waals surface area contributed by atoms with Gasteiger partial charge in [-0.15, -0.1) is 11.3 Å². The molecule has 1 heterocycles. The zero-order chi connectivity index (χ0) is 15.5. The molecule has 0 aliphatic heterocycles. The average Bonchev–Trinajstić information content (AvgIpc) is 2.97. The Labute approximate surface area is 127 Å². The normalized spacial score (nSPS) is 18.4. The highest BCUT2D eigenvalue weighted by Gasteiger charge is 2.38. The number of ether oxygens (including phenoxy) is 1. The molecule has 0 unspecified atom stereocenters. The Balaban J connectivity index is 2.30. The largest absolute Gasteiger partial charge is 0.464 e. The third kappa shape index (κ3) is 3.42. The fraction of sp³-hybridized carbons (Fsp3) is 0.667. The minimum absolute atomic E-state index is 0.173. The molecule has 21 heavy (non-hydrogen) atoms. The molecule has 1 aliphatic rings. The first-order chi connectivity index (χ1) is 9.94. The van der Waals surface area contributed by atoms with Crippen molar-refractivity contribution in [1.29, 1.82) is 0 Å². The monoisotopic (exact) mass is 334 g/mol. The summed E-state index contributed by atoms with van der Waals surface area (Å²) >= 11 is 0.854. The molecule has 2 rings (SSSR count). The fourth-order valence-corrected chi connectivity index (χ4v) is 5.10. The Kier molecular flexibility index (Phi) is 4.97. The highest BCUT2D eigenvalue weighted by atomic mass is 32.2. The Morgan fingerprint density at radius 2 is 2.14 bits per heavy atom. The van der Waals surface area contributed by atoms with Crippen LogP contribution in [0.3, 0.4) is 0 Å². The van der Waals surface area contributed by atoms with Crippen molar-refractivity contribution in [3.63, 3.8) is 0 Å². The number of sulfonamides is 1. The van der Waals surface area contributed by atoms with Gasteiger partial charge in [0.25, 0.3) is 10.0 Å². The van der Waals surface area contributed by atoms with Crippen molar-refractivity contribution in [2.24, 2.45) is 0 Å². The summed E-state index contributed by atoms with van der Waals surface area (Å²) in [6.07, 6.45) is 3.90. The SMILES string of the molecule is COC(=O)c1ncsc1S(=O)(=O)NC1(CO)CCCCC1. The summed E-state index contributed by atoms with van der Waals surface area (Å²) < 4.78 is 31.9. The van der Waals surface area contributed by atoms with Crippen molar-refractivity contribution in [3.8, 4) is 0 Å². The van der Waals surface area contributed by atoms with Crippen LogP contribution < -0.4 is 4.72 Å². The fourth-order valence-electron chi connectivity index (χ4n) is 2.51. The lowest BCUT2D eigenvalue weighted by Crippen LogP contribution is -2.52. The molecular weight excluding hydrogens is 316 g/mol. The molecule has 7 nitrogen and oxygen atoms in total. The van der Waals surface area contributed by atoms with Gasteiger partial charge in [0.05, 0.1) is 24.8 Å². The average molecular weight is 334 g/mol. The van der Waals surface area contributed by atoms with Crippen molar-refractivity contribution in [1.82, 2.24) is 9.71 Å². The van der Waals surface area contributed by atoms with Crippen molar-refractivity contribution in [2.75, 3.05) is 13.7 Å². The van der Waals surface area contributed by atoms with Crippen LogP contribution in [0.4, 0.5) is 0 Å². The molecule has 0 amide bonds. The minimum Gasteiger partial charge on any atom is -0.464 e. The quantitative estimate of drug-likeness (QED) is 0.775. The summed E-state index contributed by atoms with van der Waals surface area (Å²) in [6.45, 7) is -0.265. The molecule has 0 aromatic carbocycles. The number of carbonyl (C=O) groups is 1. The van der Waals surface area contributed by atoms with Crippen LogP contribution in [0.25, 0.3) is 0 Å². The summed E-state index contributed by atoms with van der Waals surface area (Å²) in [7, 11) is -2.76. The summed E-state index contributed by atoms with van der Waals surface area (Å²) in [5.74, 6) is -0.793. The van der Waals surface area contributed by atoms with Gasteiger partial charge in [-0.05, 0) is 12.8 Å². The standard InChI is InChI=1S/C12H18N2O5S2/c1-19-10(16)9-11(20-8-13-9)21(17,18)14-12(7-15)5-3-2-4-6-12/h8,14-15H,2-7H2,1H3. The summed E-state index contributed by atoms with van der Waals surface area (Å²) in [5.41, 5.74) is 0.209. The topological polar surface area (TPSA) is 106 Å². The van der Waals surface area contributed by atoms with E-state index < -0.39 is 21.5 Å². The zero-order valence-electron chi connectivity index (χ0n) is 11.7. The molecule has 0 bridgehead atoms. The number of hydrogen-bond donors (Lipinski definition) is 2. The van der Waals surface area contributed by atoms with Crippen LogP contribution in [0.15, 0.2) is 9.72 Å². The molecular formula is C12H18N2O5S2. The van der Waals surface area contributed by atoms with Gasteiger partial charge >= 0.3 is 5.97 Å². The van der Waals surface area contributed by atoms with Gasteiger partial charge in [0.15, 0.2) is 9.90 Å². The smallest absolute Gasteiger partial charge is 0.358 e. The number of aliphatic hydroxyl groups is 1. The maximum absolute atomic E-state index is 12.5. The molecule has 118 valence electrons. The van der Waals surface area contributed by atoms with Gasteiger partial charge in [0.1, 0.15) is 0 Å². The maximum Gasteiger partial charge on any atom is 0.358 e. The van der Waals surface area contributed by atoms with E-state index in [0.29, 0.717) is 12.8 Å². The highest BCUT2D eigenvalue weighted by molar-refractivity contribution is 7.91. The number of rotatable bonds is 5. The van der Waals surface area contributed by atoms with E-state index in [2.05, 4.69) is 14.4 Å². The molecule has 0 spiro atoms. The van der Waals surface area contributed by atoms with E-state index in [9.17, 15) is 18.3 Å². The molecule has 0 radical (unpaired) electrons. The lowest BCUT2D eigenvalue weighted by Gasteiger charge is -2.35. The number of hydrogen-bond acceptors (Lipinski definition) is 7. The number of methoxy groups -OCH3 is 1. The molecule has 1 saturated carbocycles. The lowest BCUT2D eigenvalue weighted by molar-refractivity contribution is 0.0590. The lowest BCUT2D eigenvalue weighted by atomic mass is 9.83. The molecule has 0 saturated heterocycles. The molecule has 2 N–H and O–H groups in total. The number of nitrogens with zero attached hydrogens (tertiary/aromatic N) is 1. The second-order valence-corrected chi connectivity index (χ2v) is 7.82. The first kappa shape index (κ1) is 16.3. The van der Waals surface area contributed by atoms with Crippen LogP contribution in [0, 0.1) is 0 Å². The van der Waals surface area contributed by atoms with Crippen LogP contribution >= 0.6 is 11.3 Å². The summed E-state index contributed by atoms with van der Waals surface area (Å²) in [6, 6.07) is 0. The van der Waals surface area contributed by atoms with Gasteiger partial charge in [-0.3, -0.25) is 0 Å². The van der Waals surface area contributed by atoms with Gasteiger partial charge in [0.2, 0.25) is 0 Å². The van der Waals surface area contributed by atoms with E-state index in [0.717, 1.165) is 30.6 Å². The number of carbonyl (C=O) groups excluding carboxylic acids is 1. The number of thiazole rings is 1. The van der Waals surface area contributed by atoms with E-state index in [1.807, 2.05) is 0 Å². The molecule has 9 heteroatoms. The van der Waals surface area contributed by atoms with E-state index >= 15 is 0 Å². The van der Waals surface area contributed by atoms with Crippen LogP contribution in [0.1, 0.15) is 42.6 Å². The van der Waals surface area contributed by atoms with Crippen LogP contribution in [0.5, 0.6) is 0 Å². The van der Waals surface area contributed by atoms with Gasteiger partial charge in [-0.1, -0.05) is 19.3 Å². The maximum atomic E-state index is 12.5. The van der Waals surface area contributed by atoms with Crippen LogP contribution in [0.2, 0.25) is 0 Å². The van der Waals surface area contributed by atoms with Crippen molar-refractivity contribution >= 4 is 27.3 Å². The number of aliphatic hydroxyl groups excluding tert-OH is 1. The van der Waals surface area contributed by atoms with Gasteiger partial charge < -0.3 is 9.84 Å². The van der Waals surface area contributed by atoms with Gasteiger partial charge in [-0.2, -0.15) is 0 Å². The van der Waals surface area contributed by atoms with E-state index in [1.165, 1.54) is 12.6 Å². The predicted octanol–water partition coefficient (Wildman–Crippen LogP) is 0.903. The molecule has 0 atom stereocenters. The predicted molar refractivity (Wildman–Crippen MR) is 76.7 cm³/mol. The van der Waals surface area contributed by atoms with Crippen LogP contribution in [-0.4, -0.2) is 43.7 Å². The molecule has 1 aliphatic carbocycles.